The van der Waals surface area contributed by atoms with Gasteiger partial charge in [-0.15, -0.1) is 0 Å². The molecule has 0 unspecified atom stereocenters. The molecule has 12 heteroatoms. The molecule has 0 radical (unpaired) electrons. The van der Waals surface area contributed by atoms with E-state index in [9.17, 15) is 19.2 Å². The summed E-state index contributed by atoms with van der Waals surface area (Å²) < 4.78 is 14.3. The van der Waals surface area contributed by atoms with E-state index in [4.69, 9.17) is 15.2 Å². The van der Waals surface area contributed by atoms with Crippen molar-refractivity contribution in [1.29, 1.82) is 0 Å². The molecule has 4 aromatic rings. The lowest BCUT2D eigenvalue weighted by Crippen LogP contribution is -2.42. The number of nitrogens with one attached hydrogen (secondary N) is 2. The van der Waals surface area contributed by atoms with Gasteiger partial charge >= 0.3 is 0 Å². The number of hydrogen-bond acceptors (Lipinski definition) is 8. The summed E-state index contributed by atoms with van der Waals surface area (Å²) in [6, 6.07) is 21.9. The van der Waals surface area contributed by atoms with E-state index >= 15 is 0 Å². The van der Waals surface area contributed by atoms with Crippen molar-refractivity contribution in [2.75, 3.05) is 39.3 Å². The normalized spacial score (nSPS) is 10.9. The van der Waals surface area contributed by atoms with Crippen molar-refractivity contribution in [3.05, 3.63) is 128 Å². The lowest BCUT2D eigenvalue weighted by molar-refractivity contribution is 0.0943. The molecule has 0 aliphatic carbocycles. The smallest absolute Gasteiger partial charge is 0.293 e. The maximum absolute atomic E-state index is 13.1. The van der Waals surface area contributed by atoms with E-state index in [1.165, 1.54) is 21.5 Å². The number of aromatic nitrogens is 2. The van der Waals surface area contributed by atoms with Crippen LogP contribution >= 0.6 is 0 Å². The summed E-state index contributed by atoms with van der Waals surface area (Å²) in [6.07, 6.45) is 3.05. The standard InChI is InChI=1S/C34H40N6O6/c1-38-18-13-27(29(33(38)43)45-23-25-9-5-3-6-10-25)31(41)36-16-21-40(20-15-35)22-17-37-32(42)28-14-19-39(2)34(44)30(28)46-24-26-11-7-4-8-12-26/h3-14,18-19H,15-17,20-24,35H2,1-2H3,(H,36,41)(H,37,42). The first-order valence-corrected chi connectivity index (χ1v) is 15.0. The fraction of sp³-hybridized carbons (Fsp3) is 0.294. The zero-order valence-corrected chi connectivity index (χ0v) is 26.1. The number of aryl methyl sites for hydroxylation is 2. The van der Waals surface area contributed by atoms with Crippen LogP contribution in [0.5, 0.6) is 11.5 Å². The van der Waals surface area contributed by atoms with E-state index in [2.05, 4.69) is 10.6 Å². The first-order chi connectivity index (χ1) is 22.3. The Bertz CT molecular complexity index is 1600. The first-order valence-electron chi connectivity index (χ1n) is 15.0. The van der Waals surface area contributed by atoms with Crippen LogP contribution in [0.3, 0.4) is 0 Å². The van der Waals surface area contributed by atoms with Crippen LogP contribution < -0.4 is 37.0 Å². The number of hydrogen-bond donors (Lipinski definition) is 3. The van der Waals surface area contributed by atoms with Gasteiger partial charge in [-0.05, 0) is 23.3 Å². The quantitative estimate of drug-likeness (QED) is 0.170. The summed E-state index contributed by atoms with van der Waals surface area (Å²) in [5, 5.41) is 5.71. The monoisotopic (exact) mass is 628 g/mol. The minimum atomic E-state index is -0.435. The first kappa shape index (κ1) is 33.7. The van der Waals surface area contributed by atoms with Crippen LogP contribution in [-0.4, -0.2) is 65.1 Å². The van der Waals surface area contributed by atoms with Gasteiger partial charge in [0.15, 0.2) is 11.5 Å². The minimum absolute atomic E-state index is 0.0178. The van der Waals surface area contributed by atoms with Gasteiger partial charge in [-0.1, -0.05) is 60.7 Å². The molecule has 0 saturated heterocycles. The number of ether oxygens (including phenoxy) is 2. The average molecular weight is 629 g/mol. The van der Waals surface area contributed by atoms with Crippen LogP contribution in [0.2, 0.25) is 0 Å². The van der Waals surface area contributed by atoms with Crippen molar-refractivity contribution in [3.8, 4) is 11.5 Å². The van der Waals surface area contributed by atoms with Gasteiger partial charge in [-0.25, -0.2) is 0 Å². The fourth-order valence-corrected chi connectivity index (χ4v) is 4.67. The highest BCUT2D eigenvalue weighted by molar-refractivity contribution is 5.97. The van der Waals surface area contributed by atoms with Crippen molar-refractivity contribution in [2.45, 2.75) is 13.2 Å². The molecule has 2 aromatic heterocycles. The fourth-order valence-electron chi connectivity index (χ4n) is 4.67. The van der Waals surface area contributed by atoms with Gasteiger partial charge in [0.2, 0.25) is 0 Å². The molecule has 0 atom stereocenters. The molecule has 4 rings (SSSR count). The van der Waals surface area contributed by atoms with E-state index in [-0.39, 0.29) is 48.9 Å². The van der Waals surface area contributed by atoms with E-state index in [0.29, 0.717) is 26.2 Å². The van der Waals surface area contributed by atoms with Crippen LogP contribution in [0.25, 0.3) is 0 Å². The lowest BCUT2D eigenvalue weighted by Gasteiger charge is -2.22. The number of pyridine rings is 2. The van der Waals surface area contributed by atoms with Crippen LogP contribution in [0.15, 0.2) is 94.8 Å². The molecule has 4 N–H and O–H groups in total. The molecule has 0 saturated carbocycles. The predicted molar refractivity (Wildman–Crippen MR) is 175 cm³/mol. The summed E-state index contributed by atoms with van der Waals surface area (Å²) in [6.45, 7) is 2.63. The Kier molecular flexibility index (Phi) is 12.3. The van der Waals surface area contributed by atoms with Crippen molar-refractivity contribution in [2.24, 2.45) is 19.8 Å². The second-order valence-corrected chi connectivity index (χ2v) is 10.6. The molecule has 242 valence electrons. The van der Waals surface area contributed by atoms with Crippen LogP contribution in [-0.2, 0) is 27.3 Å². The molecular weight excluding hydrogens is 588 g/mol. The third kappa shape index (κ3) is 9.16. The third-order valence-electron chi connectivity index (χ3n) is 7.26. The van der Waals surface area contributed by atoms with Crippen molar-refractivity contribution >= 4 is 11.8 Å². The number of nitrogens with zero attached hydrogens (tertiary/aromatic N) is 3. The molecular formula is C34H40N6O6. The summed E-state index contributed by atoms with van der Waals surface area (Å²) in [7, 11) is 3.19. The summed E-state index contributed by atoms with van der Waals surface area (Å²) in [5.74, 6) is -0.905. The summed E-state index contributed by atoms with van der Waals surface area (Å²) in [5.41, 5.74) is 7.04. The van der Waals surface area contributed by atoms with Crippen molar-refractivity contribution in [3.63, 3.8) is 0 Å². The SMILES string of the molecule is Cn1ccc(C(=O)NCCN(CCN)CCNC(=O)c2ccn(C)c(=O)c2OCc2ccccc2)c(OCc2ccccc2)c1=O. The molecule has 0 aliphatic heterocycles. The van der Waals surface area contributed by atoms with Gasteiger partial charge in [0.1, 0.15) is 13.2 Å². The van der Waals surface area contributed by atoms with Gasteiger partial charge in [0.25, 0.3) is 22.9 Å². The number of benzene rings is 2. The lowest BCUT2D eigenvalue weighted by atomic mass is 10.2. The largest absolute Gasteiger partial charge is 0.482 e. The van der Waals surface area contributed by atoms with Gasteiger partial charge in [0.05, 0.1) is 11.1 Å². The van der Waals surface area contributed by atoms with E-state index < -0.39 is 22.9 Å². The highest BCUT2D eigenvalue weighted by atomic mass is 16.5. The topological polar surface area (TPSA) is 150 Å². The Morgan fingerprint density at radius 2 is 1.09 bits per heavy atom. The van der Waals surface area contributed by atoms with Crippen molar-refractivity contribution < 1.29 is 19.1 Å². The van der Waals surface area contributed by atoms with Crippen LogP contribution in [0.1, 0.15) is 31.8 Å². The predicted octanol–water partition coefficient (Wildman–Crippen LogP) is 1.66. The zero-order valence-electron chi connectivity index (χ0n) is 26.1. The Balaban J connectivity index is 1.32. The van der Waals surface area contributed by atoms with Gasteiger partial charge in [-0.3, -0.25) is 24.1 Å². The molecule has 0 bridgehead atoms. The third-order valence-corrected chi connectivity index (χ3v) is 7.26. The van der Waals surface area contributed by atoms with Crippen LogP contribution in [0, 0.1) is 0 Å². The van der Waals surface area contributed by atoms with E-state index in [1.807, 2.05) is 65.6 Å². The molecule has 46 heavy (non-hydrogen) atoms. The number of rotatable bonds is 16. The number of amides is 2. The van der Waals surface area contributed by atoms with Gasteiger partial charge in [-0.2, -0.15) is 0 Å². The molecule has 12 nitrogen and oxygen atoms in total. The Morgan fingerprint density at radius 3 is 1.48 bits per heavy atom. The van der Waals surface area contributed by atoms with Crippen LogP contribution in [0.4, 0.5) is 0 Å². The van der Waals surface area contributed by atoms with Gasteiger partial charge in [0, 0.05) is 65.8 Å². The highest BCUT2D eigenvalue weighted by Gasteiger charge is 2.19. The zero-order chi connectivity index (χ0) is 32.9. The molecule has 0 aliphatic rings. The molecule has 0 spiro atoms. The number of nitrogens with two attached hydrogens (primary N) is 1. The summed E-state index contributed by atoms with van der Waals surface area (Å²) in [4.78, 5) is 53.8. The maximum Gasteiger partial charge on any atom is 0.293 e. The number of carbonyl (C=O) groups excluding carboxylic acids is 2. The minimum Gasteiger partial charge on any atom is -0.482 e. The molecule has 2 aromatic carbocycles. The van der Waals surface area contributed by atoms with E-state index in [1.54, 1.807) is 26.2 Å². The Hall–Kier alpha value is -5.20. The molecule has 2 amide bonds. The molecule has 0 fully saturated rings. The van der Waals surface area contributed by atoms with Crippen molar-refractivity contribution in [1.82, 2.24) is 24.7 Å². The second kappa shape index (κ2) is 16.8. The number of carbonyl (C=O) groups is 2. The Labute approximate surface area is 267 Å². The Morgan fingerprint density at radius 1 is 0.674 bits per heavy atom. The van der Waals surface area contributed by atoms with E-state index in [0.717, 1.165) is 11.1 Å². The maximum atomic E-state index is 13.1. The van der Waals surface area contributed by atoms with Gasteiger partial charge < -0.3 is 35.0 Å². The second-order valence-electron chi connectivity index (χ2n) is 10.6. The summed E-state index contributed by atoms with van der Waals surface area (Å²) >= 11 is 0. The molecule has 2 heterocycles. The highest BCUT2D eigenvalue weighted by Crippen LogP contribution is 2.16. The average Bonchev–Trinajstić information content (AvgIpc) is 3.06.